The molecule has 0 radical (unpaired) electrons. The molecule has 0 aliphatic rings. The fraction of sp³-hybridized carbons (Fsp3) is 0.273. The van der Waals surface area contributed by atoms with Gasteiger partial charge in [-0.3, -0.25) is 14.8 Å². The van der Waals surface area contributed by atoms with Crippen LogP contribution in [0.3, 0.4) is 0 Å². The Bertz CT molecular complexity index is 1250. The SMILES string of the molecule is CCN(CC)Cc1cc(NC(C)=O)cc(-c2nnc(Nc3ccc4[nH]ncc4c3Cl)s2)c1. The first-order chi connectivity index (χ1) is 15.5. The number of anilines is 3. The van der Waals surface area contributed by atoms with Gasteiger partial charge in [-0.25, -0.2) is 0 Å². The number of carbonyl (C=O) groups excluding carboxylic acids is 1. The first-order valence-corrected chi connectivity index (χ1v) is 11.5. The molecule has 0 bridgehead atoms. The molecule has 4 rings (SSSR count). The second-order valence-corrected chi connectivity index (χ2v) is 8.71. The highest BCUT2D eigenvalue weighted by molar-refractivity contribution is 7.18. The summed E-state index contributed by atoms with van der Waals surface area (Å²) in [5.74, 6) is -0.111. The number of rotatable bonds is 8. The third kappa shape index (κ3) is 4.90. The van der Waals surface area contributed by atoms with E-state index in [1.807, 2.05) is 24.3 Å². The van der Waals surface area contributed by atoms with Gasteiger partial charge in [0.05, 0.1) is 22.4 Å². The van der Waals surface area contributed by atoms with E-state index in [1.165, 1.54) is 18.3 Å². The summed E-state index contributed by atoms with van der Waals surface area (Å²) >= 11 is 7.93. The number of carbonyl (C=O) groups is 1. The Balaban J connectivity index is 1.62. The van der Waals surface area contributed by atoms with E-state index in [0.717, 1.165) is 58.0 Å². The molecule has 166 valence electrons. The Morgan fingerprint density at radius 1 is 1.19 bits per heavy atom. The van der Waals surface area contributed by atoms with Crippen LogP contribution in [0, 0.1) is 0 Å². The molecule has 32 heavy (non-hydrogen) atoms. The van der Waals surface area contributed by atoms with Crippen molar-refractivity contribution in [3.05, 3.63) is 47.1 Å². The van der Waals surface area contributed by atoms with Crippen LogP contribution in [0.1, 0.15) is 26.3 Å². The molecule has 8 nitrogen and oxygen atoms in total. The number of hydrogen-bond acceptors (Lipinski definition) is 7. The van der Waals surface area contributed by atoms with Gasteiger partial charge in [-0.05, 0) is 49.0 Å². The number of hydrogen-bond donors (Lipinski definition) is 3. The minimum absolute atomic E-state index is 0.111. The molecule has 2 aromatic carbocycles. The van der Waals surface area contributed by atoms with Crippen LogP contribution in [-0.2, 0) is 11.3 Å². The number of aromatic nitrogens is 4. The molecule has 0 aliphatic heterocycles. The van der Waals surface area contributed by atoms with Crippen molar-refractivity contribution in [2.45, 2.75) is 27.3 Å². The highest BCUT2D eigenvalue weighted by atomic mass is 35.5. The van der Waals surface area contributed by atoms with E-state index in [2.05, 4.69) is 55.8 Å². The van der Waals surface area contributed by atoms with E-state index in [1.54, 1.807) is 6.20 Å². The van der Waals surface area contributed by atoms with Crippen molar-refractivity contribution in [1.82, 2.24) is 25.3 Å². The van der Waals surface area contributed by atoms with Crippen LogP contribution in [0.5, 0.6) is 0 Å². The molecule has 0 atom stereocenters. The fourth-order valence-electron chi connectivity index (χ4n) is 3.47. The minimum Gasteiger partial charge on any atom is -0.329 e. The molecule has 10 heteroatoms. The van der Waals surface area contributed by atoms with Crippen molar-refractivity contribution in [3.8, 4) is 10.6 Å². The number of nitrogens with one attached hydrogen (secondary N) is 3. The normalized spacial score (nSPS) is 11.3. The van der Waals surface area contributed by atoms with Gasteiger partial charge in [-0.2, -0.15) is 5.10 Å². The Labute approximate surface area is 195 Å². The molecular formula is C22H24ClN7OS. The van der Waals surface area contributed by atoms with Gasteiger partial charge in [0.25, 0.3) is 0 Å². The van der Waals surface area contributed by atoms with Crippen LogP contribution in [-0.4, -0.2) is 44.3 Å². The predicted molar refractivity (Wildman–Crippen MR) is 131 cm³/mol. The quantitative estimate of drug-likeness (QED) is 0.325. The lowest BCUT2D eigenvalue weighted by atomic mass is 10.1. The zero-order valence-corrected chi connectivity index (χ0v) is 19.6. The minimum atomic E-state index is -0.111. The van der Waals surface area contributed by atoms with Crippen LogP contribution in [0.15, 0.2) is 36.5 Å². The third-order valence-electron chi connectivity index (χ3n) is 5.09. The zero-order valence-electron chi connectivity index (χ0n) is 18.1. The largest absolute Gasteiger partial charge is 0.329 e. The first-order valence-electron chi connectivity index (χ1n) is 10.3. The van der Waals surface area contributed by atoms with Gasteiger partial charge in [-0.15, -0.1) is 10.2 Å². The second kappa shape index (κ2) is 9.64. The summed E-state index contributed by atoms with van der Waals surface area (Å²) in [5, 5.41) is 24.5. The molecule has 0 saturated heterocycles. The van der Waals surface area contributed by atoms with Crippen molar-refractivity contribution in [1.29, 1.82) is 0 Å². The van der Waals surface area contributed by atoms with E-state index >= 15 is 0 Å². The number of benzene rings is 2. The summed E-state index contributed by atoms with van der Waals surface area (Å²) in [7, 11) is 0. The fourth-order valence-corrected chi connectivity index (χ4v) is 4.48. The molecule has 0 fully saturated rings. The second-order valence-electron chi connectivity index (χ2n) is 7.36. The molecule has 0 aliphatic carbocycles. The lowest BCUT2D eigenvalue weighted by Gasteiger charge is -2.19. The highest BCUT2D eigenvalue weighted by Crippen LogP contribution is 2.35. The van der Waals surface area contributed by atoms with Gasteiger partial charge in [-0.1, -0.05) is 36.8 Å². The predicted octanol–water partition coefficient (Wildman–Crippen LogP) is 5.28. The standard InChI is InChI=1S/C22H24ClN7OS/c1-4-30(5-2)12-14-8-15(10-16(9-14)25-13(3)31)21-28-29-22(32-21)26-19-7-6-18-17(20(19)23)11-24-27-18/h6-11H,4-5,12H2,1-3H3,(H,24,27)(H,25,31)(H,26,29). The van der Waals surface area contributed by atoms with Crippen LogP contribution < -0.4 is 10.6 Å². The lowest BCUT2D eigenvalue weighted by molar-refractivity contribution is -0.114. The van der Waals surface area contributed by atoms with E-state index < -0.39 is 0 Å². The number of amides is 1. The molecule has 0 spiro atoms. The first kappa shape index (κ1) is 22.2. The zero-order chi connectivity index (χ0) is 22.7. The van der Waals surface area contributed by atoms with Crippen molar-refractivity contribution in [3.63, 3.8) is 0 Å². The van der Waals surface area contributed by atoms with Gasteiger partial charge >= 0.3 is 0 Å². The summed E-state index contributed by atoms with van der Waals surface area (Å²) in [4.78, 5) is 14.0. The van der Waals surface area contributed by atoms with Gasteiger partial charge in [0.2, 0.25) is 11.0 Å². The Hall–Kier alpha value is -3.01. The molecule has 2 heterocycles. The van der Waals surface area contributed by atoms with E-state index in [0.29, 0.717) is 10.2 Å². The number of fused-ring (bicyclic) bond motifs is 1. The molecule has 0 unspecified atom stereocenters. The average Bonchev–Trinajstić information content (AvgIpc) is 3.43. The monoisotopic (exact) mass is 469 g/mol. The average molecular weight is 470 g/mol. The summed E-state index contributed by atoms with van der Waals surface area (Å²) < 4.78 is 0. The molecule has 2 aromatic heterocycles. The Morgan fingerprint density at radius 2 is 2.00 bits per heavy atom. The van der Waals surface area contributed by atoms with Crippen LogP contribution in [0.2, 0.25) is 5.02 Å². The topological polar surface area (TPSA) is 98.8 Å². The summed E-state index contributed by atoms with van der Waals surface area (Å²) in [6.45, 7) is 8.46. The molecular weight excluding hydrogens is 446 g/mol. The summed E-state index contributed by atoms with van der Waals surface area (Å²) in [6, 6.07) is 9.81. The molecule has 4 aromatic rings. The summed E-state index contributed by atoms with van der Waals surface area (Å²) in [6.07, 6.45) is 1.69. The summed E-state index contributed by atoms with van der Waals surface area (Å²) in [5.41, 5.74) is 4.36. The van der Waals surface area contributed by atoms with Gasteiger partial charge in [0.15, 0.2) is 0 Å². The van der Waals surface area contributed by atoms with Gasteiger partial charge < -0.3 is 10.6 Å². The highest BCUT2D eigenvalue weighted by Gasteiger charge is 2.13. The molecule has 0 saturated carbocycles. The van der Waals surface area contributed by atoms with Gasteiger partial charge in [0, 0.05) is 30.1 Å². The van der Waals surface area contributed by atoms with Crippen molar-refractivity contribution in [2.75, 3.05) is 23.7 Å². The maximum atomic E-state index is 11.6. The Morgan fingerprint density at radius 3 is 2.75 bits per heavy atom. The number of H-pyrrole nitrogens is 1. The number of nitrogens with zero attached hydrogens (tertiary/aromatic N) is 4. The van der Waals surface area contributed by atoms with Crippen molar-refractivity contribution < 1.29 is 4.79 Å². The van der Waals surface area contributed by atoms with Crippen molar-refractivity contribution >= 4 is 56.3 Å². The van der Waals surface area contributed by atoms with Crippen LogP contribution in [0.4, 0.5) is 16.5 Å². The molecule has 1 amide bonds. The Kier molecular flexibility index (Phi) is 6.69. The lowest BCUT2D eigenvalue weighted by Crippen LogP contribution is -2.22. The van der Waals surface area contributed by atoms with E-state index in [9.17, 15) is 4.79 Å². The van der Waals surface area contributed by atoms with Crippen LogP contribution >= 0.6 is 22.9 Å². The van der Waals surface area contributed by atoms with E-state index in [4.69, 9.17) is 11.6 Å². The number of halogens is 1. The third-order valence-corrected chi connectivity index (χ3v) is 6.38. The van der Waals surface area contributed by atoms with Gasteiger partial charge in [0.1, 0.15) is 5.01 Å². The smallest absolute Gasteiger partial charge is 0.221 e. The van der Waals surface area contributed by atoms with Crippen LogP contribution in [0.25, 0.3) is 21.5 Å². The maximum Gasteiger partial charge on any atom is 0.221 e. The number of aromatic amines is 1. The van der Waals surface area contributed by atoms with E-state index in [-0.39, 0.29) is 5.91 Å². The molecule has 3 N–H and O–H groups in total. The van der Waals surface area contributed by atoms with Crippen molar-refractivity contribution in [2.24, 2.45) is 0 Å². The maximum absolute atomic E-state index is 11.6.